The van der Waals surface area contributed by atoms with E-state index in [-0.39, 0.29) is 5.56 Å². The van der Waals surface area contributed by atoms with Crippen molar-refractivity contribution in [1.82, 2.24) is 0 Å². The molecular formula is C27H28O4. The molecule has 0 spiro atoms. The Morgan fingerprint density at radius 3 is 2.10 bits per heavy atom. The fourth-order valence-corrected chi connectivity index (χ4v) is 3.14. The molecule has 0 radical (unpaired) electrons. The predicted octanol–water partition coefficient (Wildman–Crippen LogP) is 6.71. The highest BCUT2D eigenvalue weighted by Gasteiger charge is 2.13. The minimum absolute atomic E-state index is 0.238. The van der Waals surface area contributed by atoms with Crippen molar-refractivity contribution in [2.24, 2.45) is 5.92 Å². The summed E-state index contributed by atoms with van der Waals surface area (Å²) in [4.78, 5) is 11.7. The standard InChI is InChI=1S/C27H28O4/c1-4-16-30-24-14-15-25(27(28)29)26(17-24)22-8-6-20(7-9-22)21-10-12-23(13-11-21)31-18-19(3)5-2/h4,6-15,17,19H,1,5,16,18H2,2-3H3,(H,28,29)/t19-/m0/s1. The smallest absolute Gasteiger partial charge is 0.336 e. The average Bonchev–Trinajstić information content (AvgIpc) is 2.81. The number of benzene rings is 3. The summed E-state index contributed by atoms with van der Waals surface area (Å²) in [7, 11) is 0. The van der Waals surface area contributed by atoms with Crippen LogP contribution in [0.2, 0.25) is 0 Å². The average molecular weight is 417 g/mol. The molecule has 0 saturated carbocycles. The molecule has 0 fully saturated rings. The molecule has 3 rings (SSSR count). The minimum Gasteiger partial charge on any atom is -0.493 e. The third-order valence-corrected chi connectivity index (χ3v) is 5.20. The number of carboxylic acids is 1. The molecule has 4 heteroatoms. The summed E-state index contributed by atoms with van der Waals surface area (Å²) in [6, 6.07) is 20.9. The van der Waals surface area contributed by atoms with Crippen LogP contribution in [0, 0.1) is 5.92 Å². The number of ether oxygens (including phenoxy) is 2. The van der Waals surface area contributed by atoms with E-state index in [9.17, 15) is 9.90 Å². The van der Waals surface area contributed by atoms with Crippen LogP contribution in [0.3, 0.4) is 0 Å². The number of aromatic carboxylic acids is 1. The molecular weight excluding hydrogens is 388 g/mol. The van der Waals surface area contributed by atoms with Crippen LogP contribution >= 0.6 is 0 Å². The molecule has 1 atom stereocenters. The minimum atomic E-state index is -0.970. The van der Waals surface area contributed by atoms with Crippen LogP contribution in [0.15, 0.2) is 79.4 Å². The first-order valence-electron chi connectivity index (χ1n) is 10.5. The Balaban J connectivity index is 1.81. The van der Waals surface area contributed by atoms with Gasteiger partial charge in [0, 0.05) is 0 Å². The van der Waals surface area contributed by atoms with Crippen molar-refractivity contribution in [3.63, 3.8) is 0 Å². The molecule has 4 nitrogen and oxygen atoms in total. The highest BCUT2D eigenvalue weighted by atomic mass is 16.5. The Labute approximate surface area is 183 Å². The highest BCUT2D eigenvalue weighted by Crippen LogP contribution is 2.31. The largest absolute Gasteiger partial charge is 0.493 e. The van der Waals surface area contributed by atoms with E-state index < -0.39 is 5.97 Å². The van der Waals surface area contributed by atoms with Crippen molar-refractivity contribution >= 4 is 5.97 Å². The zero-order chi connectivity index (χ0) is 22.2. The Morgan fingerprint density at radius 2 is 1.52 bits per heavy atom. The van der Waals surface area contributed by atoms with Crippen molar-refractivity contribution in [2.45, 2.75) is 20.3 Å². The summed E-state index contributed by atoms with van der Waals surface area (Å²) in [5.41, 5.74) is 3.80. The summed E-state index contributed by atoms with van der Waals surface area (Å²) < 4.78 is 11.4. The van der Waals surface area contributed by atoms with Crippen LogP contribution < -0.4 is 9.47 Å². The molecule has 0 saturated heterocycles. The van der Waals surface area contributed by atoms with Gasteiger partial charge in [-0.05, 0) is 58.5 Å². The molecule has 0 heterocycles. The number of rotatable bonds is 10. The van der Waals surface area contributed by atoms with Gasteiger partial charge in [-0.1, -0.05) is 69.3 Å². The van der Waals surface area contributed by atoms with Crippen molar-refractivity contribution in [3.8, 4) is 33.8 Å². The van der Waals surface area contributed by atoms with Gasteiger partial charge in [-0.25, -0.2) is 4.79 Å². The van der Waals surface area contributed by atoms with E-state index >= 15 is 0 Å². The molecule has 0 aliphatic rings. The highest BCUT2D eigenvalue weighted by molar-refractivity contribution is 5.96. The molecule has 3 aromatic carbocycles. The maximum atomic E-state index is 11.7. The first-order chi connectivity index (χ1) is 15.0. The van der Waals surface area contributed by atoms with Gasteiger partial charge in [-0.2, -0.15) is 0 Å². The topological polar surface area (TPSA) is 55.8 Å². The van der Waals surface area contributed by atoms with Gasteiger partial charge in [0.2, 0.25) is 0 Å². The van der Waals surface area contributed by atoms with E-state index in [2.05, 4.69) is 20.4 Å². The molecule has 160 valence electrons. The maximum Gasteiger partial charge on any atom is 0.336 e. The van der Waals surface area contributed by atoms with Crippen LogP contribution in [0.1, 0.15) is 30.6 Å². The van der Waals surface area contributed by atoms with E-state index in [0.717, 1.165) is 28.9 Å². The zero-order valence-electron chi connectivity index (χ0n) is 18.0. The second kappa shape index (κ2) is 10.5. The summed E-state index contributed by atoms with van der Waals surface area (Å²) in [5, 5.41) is 9.58. The normalized spacial score (nSPS) is 11.5. The quantitative estimate of drug-likeness (QED) is 0.373. The monoisotopic (exact) mass is 416 g/mol. The van der Waals surface area contributed by atoms with Crippen LogP contribution in [0.5, 0.6) is 11.5 Å². The number of hydrogen-bond donors (Lipinski definition) is 1. The second-order valence-corrected chi connectivity index (χ2v) is 7.54. The van der Waals surface area contributed by atoms with Crippen molar-refractivity contribution in [3.05, 3.63) is 84.9 Å². The van der Waals surface area contributed by atoms with Gasteiger partial charge in [0.1, 0.15) is 18.1 Å². The van der Waals surface area contributed by atoms with Gasteiger partial charge in [-0.15, -0.1) is 0 Å². The van der Waals surface area contributed by atoms with Crippen molar-refractivity contribution in [1.29, 1.82) is 0 Å². The number of carbonyl (C=O) groups is 1. The molecule has 3 aromatic rings. The van der Waals surface area contributed by atoms with Gasteiger partial charge in [0.15, 0.2) is 0 Å². The van der Waals surface area contributed by atoms with Crippen LogP contribution in [-0.4, -0.2) is 24.3 Å². The van der Waals surface area contributed by atoms with Gasteiger partial charge in [-0.3, -0.25) is 0 Å². The Kier molecular flexibility index (Phi) is 7.50. The summed E-state index contributed by atoms with van der Waals surface area (Å²) in [6.45, 7) is 9.05. The Morgan fingerprint density at radius 1 is 0.935 bits per heavy atom. The van der Waals surface area contributed by atoms with Gasteiger partial charge in [0.25, 0.3) is 0 Å². The van der Waals surface area contributed by atoms with Crippen LogP contribution in [0.4, 0.5) is 0 Å². The number of carboxylic acid groups (broad SMARTS) is 1. The molecule has 0 bridgehead atoms. The first kappa shape index (κ1) is 22.2. The number of hydrogen-bond acceptors (Lipinski definition) is 3. The van der Waals surface area contributed by atoms with Gasteiger partial charge in [0.05, 0.1) is 12.2 Å². The maximum absolute atomic E-state index is 11.7. The van der Waals surface area contributed by atoms with Crippen LogP contribution in [-0.2, 0) is 0 Å². The van der Waals surface area contributed by atoms with Gasteiger partial charge >= 0.3 is 5.97 Å². The third kappa shape index (κ3) is 5.76. The zero-order valence-corrected chi connectivity index (χ0v) is 18.0. The van der Waals surface area contributed by atoms with Crippen molar-refractivity contribution < 1.29 is 19.4 Å². The lowest BCUT2D eigenvalue weighted by Crippen LogP contribution is -2.06. The predicted molar refractivity (Wildman–Crippen MR) is 125 cm³/mol. The summed E-state index contributed by atoms with van der Waals surface area (Å²) >= 11 is 0. The SMILES string of the molecule is C=CCOc1ccc(C(=O)O)c(-c2ccc(-c3ccc(OC[C@@H](C)CC)cc3)cc2)c1. The van der Waals surface area contributed by atoms with Crippen molar-refractivity contribution in [2.75, 3.05) is 13.2 Å². The molecule has 0 aromatic heterocycles. The third-order valence-electron chi connectivity index (χ3n) is 5.20. The molecule has 0 aliphatic heterocycles. The van der Waals surface area contributed by atoms with Gasteiger partial charge < -0.3 is 14.6 Å². The van der Waals surface area contributed by atoms with E-state index in [1.54, 1.807) is 24.3 Å². The Bertz CT molecular complexity index is 1020. The molecule has 1 N–H and O–H groups in total. The Hall–Kier alpha value is -3.53. The lowest BCUT2D eigenvalue weighted by molar-refractivity contribution is 0.0697. The van der Waals surface area contributed by atoms with E-state index in [4.69, 9.17) is 9.47 Å². The van der Waals surface area contributed by atoms with Crippen LogP contribution in [0.25, 0.3) is 22.3 Å². The summed E-state index contributed by atoms with van der Waals surface area (Å²) in [6.07, 6.45) is 2.75. The fraction of sp³-hybridized carbons (Fsp3) is 0.222. The molecule has 0 aliphatic carbocycles. The molecule has 31 heavy (non-hydrogen) atoms. The molecule has 0 amide bonds. The lowest BCUT2D eigenvalue weighted by Gasteiger charge is -2.12. The first-order valence-corrected chi connectivity index (χ1v) is 10.5. The second-order valence-electron chi connectivity index (χ2n) is 7.54. The van der Waals surface area contributed by atoms with E-state index in [0.29, 0.717) is 30.4 Å². The molecule has 0 unspecified atom stereocenters. The lowest BCUT2D eigenvalue weighted by atomic mass is 9.96. The van der Waals surface area contributed by atoms with E-state index in [1.165, 1.54) is 0 Å². The fourth-order valence-electron chi connectivity index (χ4n) is 3.14. The summed E-state index contributed by atoms with van der Waals surface area (Å²) in [5.74, 6) is 1.03. The van der Waals surface area contributed by atoms with E-state index in [1.807, 2.05) is 48.5 Å².